The second-order valence-corrected chi connectivity index (χ2v) is 3.86. The first-order chi connectivity index (χ1) is 10.0. The summed E-state index contributed by atoms with van der Waals surface area (Å²) in [6.45, 7) is -0.141. The summed E-state index contributed by atoms with van der Waals surface area (Å²) in [7, 11) is 1.39. The number of carbonyl (C=O) groups is 1. The molecule has 1 aromatic heterocycles. The van der Waals surface area contributed by atoms with Crippen LogP contribution in [0.4, 0.5) is 5.69 Å². The molecule has 2 aromatic rings. The van der Waals surface area contributed by atoms with E-state index in [1.807, 2.05) is 0 Å². The molecule has 0 aliphatic carbocycles. The zero-order chi connectivity index (χ0) is 15.4. The van der Waals surface area contributed by atoms with Gasteiger partial charge in [-0.2, -0.15) is 0 Å². The Bertz CT molecular complexity index is 680. The Hall–Kier alpha value is -3.10. The van der Waals surface area contributed by atoms with E-state index in [4.69, 9.17) is 19.1 Å². The van der Waals surface area contributed by atoms with Crippen LogP contribution in [-0.4, -0.2) is 28.3 Å². The van der Waals surface area contributed by atoms with Crippen molar-refractivity contribution in [3.05, 3.63) is 45.8 Å². The highest BCUT2D eigenvalue weighted by Gasteiger charge is 2.15. The molecule has 0 fully saturated rings. The zero-order valence-electron chi connectivity index (χ0n) is 10.8. The van der Waals surface area contributed by atoms with Crippen LogP contribution < -0.4 is 9.47 Å². The largest absolute Gasteiger partial charge is 0.493 e. The van der Waals surface area contributed by atoms with Crippen LogP contribution in [0.5, 0.6) is 11.5 Å². The molecule has 0 atom stereocenters. The normalized spacial score (nSPS) is 10.1. The Labute approximate surface area is 117 Å². The van der Waals surface area contributed by atoms with Crippen molar-refractivity contribution in [2.45, 2.75) is 6.61 Å². The van der Waals surface area contributed by atoms with E-state index in [9.17, 15) is 14.9 Å². The Kier molecular flexibility index (Phi) is 4.02. The average molecular weight is 294 g/mol. The summed E-state index contributed by atoms with van der Waals surface area (Å²) < 4.78 is 15.1. The lowest BCUT2D eigenvalue weighted by atomic mass is 10.3. The van der Waals surface area contributed by atoms with Crippen molar-refractivity contribution >= 4 is 11.7 Å². The summed E-state index contributed by atoms with van der Waals surface area (Å²) in [5, 5.41) is 22.7. The van der Waals surface area contributed by atoms with Crippen molar-refractivity contribution in [3.63, 3.8) is 0 Å². The lowest BCUT2D eigenvalue weighted by Gasteiger charge is -2.08. The van der Waals surface area contributed by atoms with E-state index in [1.54, 1.807) is 0 Å². The van der Waals surface area contributed by atoms with Crippen molar-refractivity contribution in [3.8, 4) is 11.5 Å². The molecule has 9 nitrogen and oxygen atoms in total. The lowest BCUT2D eigenvalue weighted by Crippen LogP contribution is -1.98. The highest BCUT2D eigenvalue weighted by molar-refractivity contribution is 5.85. The number of rotatable bonds is 6. The van der Waals surface area contributed by atoms with E-state index in [2.05, 4.69) is 5.16 Å². The van der Waals surface area contributed by atoms with Gasteiger partial charge in [0.1, 0.15) is 6.61 Å². The van der Waals surface area contributed by atoms with Crippen molar-refractivity contribution in [2.24, 2.45) is 0 Å². The SMILES string of the molecule is COc1ccc([N+](=O)[O-])cc1OCc1cc(C(=O)O)no1. The topological polar surface area (TPSA) is 125 Å². The first kappa shape index (κ1) is 14.3. The van der Waals surface area contributed by atoms with Gasteiger partial charge in [-0.15, -0.1) is 0 Å². The summed E-state index contributed by atoms with van der Waals surface area (Å²) >= 11 is 0. The molecule has 110 valence electrons. The Morgan fingerprint density at radius 1 is 1.43 bits per heavy atom. The molecule has 1 aromatic carbocycles. The fraction of sp³-hybridized carbons (Fsp3) is 0.167. The fourth-order valence-corrected chi connectivity index (χ4v) is 1.52. The molecule has 0 aliphatic heterocycles. The summed E-state index contributed by atoms with van der Waals surface area (Å²) in [5.74, 6) is -0.613. The van der Waals surface area contributed by atoms with Gasteiger partial charge in [0.05, 0.1) is 18.1 Å². The summed E-state index contributed by atoms with van der Waals surface area (Å²) in [4.78, 5) is 20.8. The highest BCUT2D eigenvalue weighted by Crippen LogP contribution is 2.31. The number of aromatic carboxylic acids is 1. The number of nitro benzene ring substituents is 1. The van der Waals surface area contributed by atoms with Gasteiger partial charge in [0.15, 0.2) is 23.0 Å². The number of non-ortho nitro benzene ring substituents is 1. The molecule has 0 spiro atoms. The quantitative estimate of drug-likeness (QED) is 0.632. The minimum Gasteiger partial charge on any atom is -0.493 e. The van der Waals surface area contributed by atoms with Crippen molar-refractivity contribution < 1.29 is 28.8 Å². The molecule has 21 heavy (non-hydrogen) atoms. The van der Waals surface area contributed by atoms with E-state index in [-0.39, 0.29) is 29.5 Å². The average Bonchev–Trinajstić information content (AvgIpc) is 2.93. The number of benzene rings is 1. The molecule has 9 heteroatoms. The molecule has 0 radical (unpaired) electrons. The van der Waals surface area contributed by atoms with Crippen molar-refractivity contribution in [1.82, 2.24) is 5.16 Å². The number of methoxy groups -OCH3 is 1. The Morgan fingerprint density at radius 3 is 2.76 bits per heavy atom. The third-order valence-electron chi connectivity index (χ3n) is 2.51. The van der Waals surface area contributed by atoms with Gasteiger partial charge in [-0.1, -0.05) is 5.16 Å². The van der Waals surface area contributed by atoms with Crippen LogP contribution in [0.1, 0.15) is 16.2 Å². The number of nitrogens with zero attached hydrogens (tertiary/aromatic N) is 2. The molecule has 0 unspecified atom stereocenters. The molecule has 0 saturated carbocycles. The summed E-state index contributed by atoms with van der Waals surface area (Å²) in [6.07, 6.45) is 0. The van der Waals surface area contributed by atoms with Crippen LogP contribution in [0.2, 0.25) is 0 Å². The number of ether oxygens (including phenoxy) is 2. The van der Waals surface area contributed by atoms with Gasteiger partial charge in [0, 0.05) is 12.1 Å². The van der Waals surface area contributed by atoms with Gasteiger partial charge in [-0.25, -0.2) is 4.79 Å². The second-order valence-electron chi connectivity index (χ2n) is 3.86. The minimum absolute atomic E-state index is 0.139. The minimum atomic E-state index is -1.22. The predicted molar refractivity (Wildman–Crippen MR) is 67.4 cm³/mol. The van der Waals surface area contributed by atoms with Crippen LogP contribution >= 0.6 is 0 Å². The monoisotopic (exact) mass is 294 g/mol. The van der Waals surface area contributed by atoms with E-state index in [1.165, 1.54) is 31.4 Å². The van der Waals surface area contributed by atoms with Gasteiger partial charge < -0.3 is 19.1 Å². The summed E-state index contributed by atoms with van der Waals surface area (Å²) in [5.41, 5.74) is -0.408. The Balaban J connectivity index is 2.15. The molecule has 0 bridgehead atoms. The lowest BCUT2D eigenvalue weighted by molar-refractivity contribution is -0.385. The van der Waals surface area contributed by atoms with E-state index in [0.29, 0.717) is 5.75 Å². The van der Waals surface area contributed by atoms with Crippen LogP contribution in [-0.2, 0) is 6.61 Å². The van der Waals surface area contributed by atoms with E-state index in [0.717, 1.165) is 0 Å². The molecule has 0 saturated heterocycles. The van der Waals surface area contributed by atoms with Crippen LogP contribution in [0.15, 0.2) is 28.8 Å². The van der Waals surface area contributed by atoms with E-state index < -0.39 is 10.9 Å². The molecule has 0 amide bonds. The third kappa shape index (κ3) is 3.26. The summed E-state index contributed by atoms with van der Waals surface area (Å²) in [6, 6.07) is 5.08. The van der Waals surface area contributed by atoms with Crippen molar-refractivity contribution in [2.75, 3.05) is 7.11 Å². The third-order valence-corrected chi connectivity index (χ3v) is 2.51. The number of carboxylic acid groups (broad SMARTS) is 1. The van der Waals surface area contributed by atoms with Gasteiger partial charge >= 0.3 is 5.97 Å². The first-order valence-electron chi connectivity index (χ1n) is 5.65. The molecule has 1 N–H and O–H groups in total. The van der Waals surface area contributed by atoms with Crippen LogP contribution in [0.25, 0.3) is 0 Å². The fourth-order valence-electron chi connectivity index (χ4n) is 1.52. The maximum atomic E-state index is 10.7. The Morgan fingerprint density at radius 2 is 2.19 bits per heavy atom. The molecular weight excluding hydrogens is 284 g/mol. The second kappa shape index (κ2) is 5.90. The zero-order valence-corrected chi connectivity index (χ0v) is 10.8. The van der Waals surface area contributed by atoms with Gasteiger partial charge in [-0.05, 0) is 6.07 Å². The first-order valence-corrected chi connectivity index (χ1v) is 5.65. The van der Waals surface area contributed by atoms with Crippen molar-refractivity contribution in [1.29, 1.82) is 0 Å². The number of hydrogen-bond donors (Lipinski definition) is 1. The molecular formula is C12H10N2O7. The van der Waals surface area contributed by atoms with Gasteiger partial charge in [-0.3, -0.25) is 10.1 Å². The number of hydrogen-bond acceptors (Lipinski definition) is 7. The predicted octanol–water partition coefficient (Wildman–Crippen LogP) is 1.87. The van der Waals surface area contributed by atoms with Crippen LogP contribution in [0, 0.1) is 10.1 Å². The maximum absolute atomic E-state index is 10.7. The van der Waals surface area contributed by atoms with Gasteiger partial charge in [0.2, 0.25) is 0 Å². The molecule has 0 aliphatic rings. The maximum Gasteiger partial charge on any atom is 0.358 e. The number of aromatic nitrogens is 1. The van der Waals surface area contributed by atoms with E-state index >= 15 is 0 Å². The standard InChI is InChI=1S/C12H10N2O7/c1-19-10-3-2-7(14(17)18)4-11(10)20-6-8-5-9(12(15)16)13-21-8/h2-5H,6H2,1H3,(H,15,16). The molecule has 1 heterocycles. The smallest absolute Gasteiger partial charge is 0.358 e. The van der Waals surface area contributed by atoms with Crippen LogP contribution in [0.3, 0.4) is 0 Å². The highest BCUT2D eigenvalue weighted by atomic mass is 16.6. The van der Waals surface area contributed by atoms with Gasteiger partial charge in [0.25, 0.3) is 5.69 Å². The number of carboxylic acids is 1. The molecule has 2 rings (SSSR count). The number of nitro groups is 1.